The second kappa shape index (κ2) is 6.20. The van der Waals surface area contributed by atoms with Crippen molar-refractivity contribution in [3.8, 4) is 5.75 Å². The fourth-order valence-corrected chi connectivity index (χ4v) is 1.70. The molecule has 0 saturated carbocycles. The van der Waals surface area contributed by atoms with Crippen LogP contribution in [0.3, 0.4) is 0 Å². The Morgan fingerprint density at radius 2 is 2.06 bits per heavy atom. The maximum Gasteiger partial charge on any atom is 0.156 e. The third-order valence-corrected chi connectivity index (χ3v) is 5.68. The van der Waals surface area contributed by atoms with Crippen LogP contribution in [0, 0.1) is 0 Å². The zero-order valence-corrected chi connectivity index (χ0v) is 12.2. The summed E-state index contributed by atoms with van der Waals surface area (Å²) >= 11 is 11.3. The molecule has 1 atom stereocenters. The molecule has 3 nitrogen and oxygen atoms in total. The van der Waals surface area contributed by atoms with Gasteiger partial charge in [-0.25, -0.2) is 0 Å². The van der Waals surface area contributed by atoms with Crippen molar-refractivity contribution in [1.82, 2.24) is 4.78 Å². The first-order chi connectivity index (χ1) is 7.99. The number of hydrogen-bond acceptors (Lipinski definition) is 3. The Morgan fingerprint density at radius 3 is 2.53 bits per heavy atom. The Bertz CT molecular complexity index is 461. The van der Waals surface area contributed by atoms with Crippen LogP contribution in [0.25, 0.3) is 0 Å². The summed E-state index contributed by atoms with van der Waals surface area (Å²) in [5.74, 6) is 2.37. The molecule has 1 rings (SSSR count). The van der Waals surface area contributed by atoms with E-state index in [9.17, 15) is 0 Å². The van der Waals surface area contributed by atoms with Gasteiger partial charge in [-0.3, -0.25) is 4.78 Å². The van der Waals surface area contributed by atoms with Gasteiger partial charge in [-0.15, -0.1) is 0 Å². The lowest BCUT2D eigenvalue weighted by atomic mass is 10.2. The molecule has 0 fully saturated rings. The van der Waals surface area contributed by atoms with Gasteiger partial charge in [0.2, 0.25) is 0 Å². The van der Waals surface area contributed by atoms with Crippen LogP contribution < -0.4 is 4.74 Å². The average molecular weight is 289 g/mol. The van der Waals surface area contributed by atoms with Crippen molar-refractivity contribution in [3.63, 3.8) is 0 Å². The van der Waals surface area contributed by atoms with Crippen molar-refractivity contribution in [3.05, 3.63) is 42.2 Å². The van der Waals surface area contributed by atoms with E-state index >= 15 is 0 Å². The molecule has 6 heteroatoms. The zero-order chi connectivity index (χ0) is 12.9. The summed E-state index contributed by atoms with van der Waals surface area (Å²) in [6.07, 6.45) is 1.70. The molecule has 0 N–H and O–H groups in total. The number of hydrazone groups is 1. The van der Waals surface area contributed by atoms with E-state index in [1.165, 1.54) is 0 Å². The number of nitrogens with zero attached hydrogens (tertiary/aromatic N) is 2. The first-order valence-corrected chi connectivity index (χ1v) is 8.58. The molecule has 0 radical (unpaired) electrons. The predicted octanol–water partition coefficient (Wildman–Crippen LogP) is 3.65. The van der Waals surface area contributed by atoms with Crippen LogP contribution in [-0.2, 0) is 11.8 Å². The molecule has 92 valence electrons. The van der Waals surface area contributed by atoms with Crippen molar-refractivity contribution in [2.75, 3.05) is 14.2 Å². The standard InChI is InChI=1S/C11H14ClN2OPS/c1-4-16(12,17)14(2)13-9-10-5-7-11(15-3)8-6-10/h4-9H,1H2,2-3H3/b13-9+. The fraction of sp³-hybridized carbons (Fsp3) is 0.182. The maximum atomic E-state index is 6.09. The Balaban J connectivity index is 2.76. The van der Waals surface area contributed by atoms with E-state index in [-0.39, 0.29) is 0 Å². The Kier molecular flexibility index (Phi) is 5.19. The molecule has 0 spiro atoms. The summed E-state index contributed by atoms with van der Waals surface area (Å²) in [6.45, 7) is 3.61. The van der Waals surface area contributed by atoms with Crippen LogP contribution in [0.2, 0.25) is 0 Å². The Labute approximate surface area is 112 Å². The van der Waals surface area contributed by atoms with Gasteiger partial charge in [0.05, 0.1) is 13.3 Å². The minimum absolute atomic E-state index is 0.809. The van der Waals surface area contributed by atoms with Crippen molar-refractivity contribution in [1.29, 1.82) is 0 Å². The molecule has 1 unspecified atom stereocenters. The van der Waals surface area contributed by atoms with Crippen LogP contribution in [-0.4, -0.2) is 25.2 Å². The van der Waals surface area contributed by atoms with Gasteiger partial charge in [0, 0.05) is 7.05 Å². The number of halogens is 1. The Hall–Kier alpha value is -0.830. The topological polar surface area (TPSA) is 24.8 Å². The second-order valence-electron chi connectivity index (χ2n) is 3.23. The van der Waals surface area contributed by atoms with Gasteiger partial charge in [-0.2, -0.15) is 5.10 Å². The van der Waals surface area contributed by atoms with Gasteiger partial charge in [0.15, 0.2) is 5.54 Å². The molecule has 0 aromatic heterocycles. The summed E-state index contributed by atoms with van der Waals surface area (Å²) in [5.41, 5.74) is -1.28. The SMILES string of the molecule is C=CP(=S)(Cl)N(C)/N=C/c1ccc(OC)cc1. The fourth-order valence-electron chi connectivity index (χ4n) is 1.03. The minimum Gasteiger partial charge on any atom is -0.497 e. The van der Waals surface area contributed by atoms with E-state index < -0.39 is 5.54 Å². The van der Waals surface area contributed by atoms with E-state index in [4.69, 9.17) is 27.8 Å². The number of hydrogen-bond donors (Lipinski definition) is 0. The van der Waals surface area contributed by atoms with Gasteiger partial charge >= 0.3 is 0 Å². The van der Waals surface area contributed by atoms with Crippen molar-refractivity contribution < 1.29 is 4.74 Å². The number of benzene rings is 1. The number of rotatable bonds is 5. The van der Waals surface area contributed by atoms with Gasteiger partial charge in [-0.05, 0) is 35.6 Å². The minimum atomic E-state index is -2.24. The van der Waals surface area contributed by atoms with E-state index in [1.807, 2.05) is 24.3 Å². The molecule has 0 aliphatic carbocycles. The summed E-state index contributed by atoms with van der Waals surface area (Å²) in [6, 6.07) is 7.54. The summed E-state index contributed by atoms with van der Waals surface area (Å²) < 4.78 is 6.64. The quantitative estimate of drug-likeness (QED) is 0.470. The van der Waals surface area contributed by atoms with Gasteiger partial charge in [-0.1, -0.05) is 29.6 Å². The van der Waals surface area contributed by atoms with Crippen molar-refractivity contribution >= 4 is 34.8 Å². The number of methoxy groups -OCH3 is 1. The smallest absolute Gasteiger partial charge is 0.156 e. The third kappa shape index (κ3) is 4.15. The molecule has 1 aromatic rings. The second-order valence-corrected chi connectivity index (χ2v) is 9.09. The highest BCUT2D eigenvalue weighted by Crippen LogP contribution is 2.55. The summed E-state index contributed by atoms with van der Waals surface area (Å²) in [5, 5.41) is 4.20. The van der Waals surface area contributed by atoms with Crippen molar-refractivity contribution in [2.45, 2.75) is 0 Å². The van der Waals surface area contributed by atoms with E-state index in [1.54, 1.807) is 31.0 Å². The van der Waals surface area contributed by atoms with Gasteiger partial charge < -0.3 is 4.74 Å². The highest BCUT2D eigenvalue weighted by Gasteiger charge is 2.12. The maximum absolute atomic E-state index is 6.09. The molecule has 0 bridgehead atoms. The highest BCUT2D eigenvalue weighted by atomic mass is 35.7. The molecule has 0 aliphatic heterocycles. The average Bonchev–Trinajstić information content (AvgIpc) is 2.36. The van der Waals surface area contributed by atoms with Crippen LogP contribution in [0.5, 0.6) is 5.75 Å². The third-order valence-electron chi connectivity index (χ3n) is 2.11. The molecule has 0 aliphatic rings. The molecular weight excluding hydrogens is 275 g/mol. The monoisotopic (exact) mass is 288 g/mol. The van der Waals surface area contributed by atoms with Crippen LogP contribution >= 0.6 is 16.8 Å². The van der Waals surface area contributed by atoms with Crippen LogP contribution in [0.4, 0.5) is 0 Å². The molecule has 0 saturated heterocycles. The molecular formula is C11H14ClN2OPS. The van der Waals surface area contributed by atoms with E-state index in [2.05, 4.69) is 11.7 Å². The van der Waals surface area contributed by atoms with E-state index in [0.717, 1.165) is 11.3 Å². The molecule has 17 heavy (non-hydrogen) atoms. The lowest BCUT2D eigenvalue weighted by Crippen LogP contribution is -2.02. The van der Waals surface area contributed by atoms with Gasteiger partial charge in [0.1, 0.15) is 5.75 Å². The number of ether oxygens (including phenoxy) is 1. The predicted molar refractivity (Wildman–Crippen MR) is 78.7 cm³/mol. The Morgan fingerprint density at radius 1 is 1.47 bits per heavy atom. The molecule has 1 aromatic carbocycles. The summed E-state index contributed by atoms with van der Waals surface area (Å²) in [4.78, 5) is 0. The lowest BCUT2D eigenvalue weighted by Gasteiger charge is -2.19. The van der Waals surface area contributed by atoms with Crippen LogP contribution in [0.1, 0.15) is 5.56 Å². The van der Waals surface area contributed by atoms with Gasteiger partial charge in [0.25, 0.3) is 0 Å². The molecule has 0 heterocycles. The normalized spacial score (nSPS) is 14.3. The van der Waals surface area contributed by atoms with Crippen LogP contribution in [0.15, 0.2) is 41.8 Å². The summed E-state index contributed by atoms with van der Waals surface area (Å²) in [7, 11) is 3.37. The zero-order valence-electron chi connectivity index (χ0n) is 9.71. The lowest BCUT2D eigenvalue weighted by molar-refractivity contribution is 0.415. The largest absolute Gasteiger partial charge is 0.497 e. The first-order valence-electron chi connectivity index (χ1n) is 4.85. The first kappa shape index (κ1) is 14.2. The van der Waals surface area contributed by atoms with E-state index in [0.29, 0.717) is 0 Å². The molecule has 0 amide bonds. The highest BCUT2D eigenvalue weighted by molar-refractivity contribution is 8.27. The van der Waals surface area contributed by atoms with Crippen molar-refractivity contribution in [2.24, 2.45) is 5.10 Å².